The number of hydrogen-bond donors (Lipinski definition) is 2. The molecule has 0 aromatic heterocycles. The zero-order valence-corrected chi connectivity index (χ0v) is 11.1. The van der Waals surface area contributed by atoms with E-state index in [4.69, 9.17) is 9.84 Å². The Morgan fingerprint density at radius 3 is 2.79 bits per heavy atom. The van der Waals surface area contributed by atoms with E-state index < -0.39 is 5.97 Å². The molecular formula is C13H13NO4S. The van der Waals surface area contributed by atoms with Gasteiger partial charge in [-0.3, -0.25) is 4.79 Å². The molecule has 1 heterocycles. The third kappa shape index (κ3) is 3.08. The lowest BCUT2D eigenvalue weighted by atomic mass is 10.2. The number of carboxylic acids is 1. The lowest BCUT2D eigenvalue weighted by Gasteiger charge is -2.18. The predicted molar refractivity (Wildman–Crippen MR) is 73.1 cm³/mol. The summed E-state index contributed by atoms with van der Waals surface area (Å²) in [5.74, 6) is -0.132. The minimum absolute atomic E-state index is 0.0656. The zero-order chi connectivity index (χ0) is 13.8. The lowest BCUT2D eigenvalue weighted by molar-refractivity contribution is -0.112. The van der Waals surface area contributed by atoms with Gasteiger partial charge in [0.15, 0.2) is 0 Å². The number of nitrogens with one attached hydrogen (secondary N) is 1. The molecule has 5 nitrogen and oxygen atoms in total. The molecule has 100 valence electrons. The van der Waals surface area contributed by atoms with Gasteiger partial charge in [0.25, 0.3) is 5.91 Å². The number of amides is 1. The van der Waals surface area contributed by atoms with Gasteiger partial charge < -0.3 is 15.2 Å². The van der Waals surface area contributed by atoms with Crippen LogP contribution in [0.2, 0.25) is 0 Å². The summed E-state index contributed by atoms with van der Waals surface area (Å²) in [6.45, 7) is 2.31. The number of thioether (sulfide) groups is 1. The molecule has 0 fully saturated rings. The van der Waals surface area contributed by atoms with Gasteiger partial charge in [-0.05, 0) is 19.1 Å². The van der Waals surface area contributed by atoms with E-state index in [9.17, 15) is 9.59 Å². The first-order valence-electron chi connectivity index (χ1n) is 5.69. The Morgan fingerprint density at radius 1 is 1.37 bits per heavy atom. The van der Waals surface area contributed by atoms with Gasteiger partial charge in [0.2, 0.25) is 0 Å². The van der Waals surface area contributed by atoms with E-state index in [1.807, 2.05) is 0 Å². The van der Waals surface area contributed by atoms with E-state index in [0.29, 0.717) is 23.0 Å². The van der Waals surface area contributed by atoms with Crippen molar-refractivity contribution in [2.45, 2.75) is 6.92 Å². The van der Waals surface area contributed by atoms with Crippen LogP contribution < -0.4 is 5.32 Å². The number of aromatic carboxylic acids is 1. The lowest BCUT2D eigenvalue weighted by Crippen LogP contribution is -2.19. The van der Waals surface area contributed by atoms with E-state index in [1.165, 1.54) is 17.8 Å². The summed E-state index contributed by atoms with van der Waals surface area (Å²) in [6.07, 6.45) is 0. The zero-order valence-electron chi connectivity index (χ0n) is 10.3. The summed E-state index contributed by atoms with van der Waals surface area (Å²) < 4.78 is 5.31. The average molecular weight is 279 g/mol. The third-order valence-electron chi connectivity index (χ3n) is 2.58. The van der Waals surface area contributed by atoms with Crippen LogP contribution in [0.15, 0.2) is 34.9 Å². The maximum atomic E-state index is 12.1. The van der Waals surface area contributed by atoms with Crippen LogP contribution >= 0.6 is 11.8 Å². The van der Waals surface area contributed by atoms with Crippen LogP contribution in [-0.2, 0) is 9.53 Å². The van der Waals surface area contributed by atoms with Gasteiger partial charge in [0.1, 0.15) is 10.7 Å². The average Bonchev–Trinajstić information content (AvgIpc) is 2.39. The molecule has 2 rings (SSSR count). The first-order valence-corrected chi connectivity index (χ1v) is 6.68. The largest absolute Gasteiger partial charge is 0.496 e. The minimum atomic E-state index is -1.07. The molecule has 1 amide bonds. The summed E-state index contributed by atoms with van der Waals surface area (Å²) in [5.41, 5.74) is 0.349. The Balaban J connectivity index is 2.22. The third-order valence-corrected chi connectivity index (χ3v) is 3.71. The number of carboxylic acid groups (broad SMARTS) is 1. The fraction of sp³-hybridized carbons (Fsp3) is 0.231. The Hall–Kier alpha value is -1.95. The van der Waals surface area contributed by atoms with Crippen molar-refractivity contribution >= 4 is 29.3 Å². The van der Waals surface area contributed by atoms with Gasteiger partial charge in [0.05, 0.1) is 17.9 Å². The molecule has 0 atom stereocenters. The highest BCUT2D eigenvalue weighted by Gasteiger charge is 2.20. The summed E-state index contributed by atoms with van der Waals surface area (Å²) in [7, 11) is 0. The minimum Gasteiger partial charge on any atom is -0.496 e. The summed E-state index contributed by atoms with van der Waals surface area (Å²) >= 11 is 1.41. The number of carbonyl (C=O) groups is 2. The Labute approximate surface area is 114 Å². The van der Waals surface area contributed by atoms with Crippen LogP contribution in [0.3, 0.4) is 0 Å². The predicted octanol–water partition coefficient (Wildman–Crippen LogP) is 2.32. The molecule has 0 saturated carbocycles. The van der Waals surface area contributed by atoms with E-state index in [1.54, 1.807) is 25.1 Å². The molecule has 1 aliphatic rings. The number of rotatable bonds is 3. The smallest absolute Gasteiger partial charge is 0.337 e. The molecule has 0 radical (unpaired) electrons. The topological polar surface area (TPSA) is 75.6 Å². The van der Waals surface area contributed by atoms with Gasteiger partial charge in [-0.1, -0.05) is 12.1 Å². The van der Waals surface area contributed by atoms with Crippen molar-refractivity contribution in [1.82, 2.24) is 0 Å². The standard InChI is InChI=1S/C13H13NO4S/c1-8-11(19-7-6-18-8)12(15)14-10-5-3-2-4-9(10)13(16)17/h2-5H,6-7H2,1H3,(H,14,15)(H,16,17). The van der Waals surface area contributed by atoms with E-state index in [2.05, 4.69) is 5.32 Å². The molecule has 1 aromatic rings. The summed E-state index contributed by atoms with van der Waals surface area (Å²) in [6, 6.07) is 6.30. The summed E-state index contributed by atoms with van der Waals surface area (Å²) in [5, 5.41) is 11.7. The fourth-order valence-electron chi connectivity index (χ4n) is 1.69. The number of hydrogen-bond acceptors (Lipinski definition) is 4. The maximum Gasteiger partial charge on any atom is 0.337 e. The molecule has 1 aromatic carbocycles. The number of allylic oxidation sites excluding steroid dienone is 1. The molecule has 6 heteroatoms. The van der Waals surface area contributed by atoms with Crippen molar-refractivity contribution in [3.8, 4) is 0 Å². The molecule has 0 aliphatic carbocycles. The van der Waals surface area contributed by atoms with Crippen LogP contribution in [0, 0.1) is 0 Å². The Kier molecular flexibility index (Phi) is 4.11. The molecule has 0 bridgehead atoms. The van der Waals surface area contributed by atoms with Crippen molar-refractivity contribution in [2.24, 2.45) is 0 Å². The molecule has 0 spiro atoms. The molecule has 0 unspecified atom stereocenters. The quantitative estimate of drug-likeness (QED) is 0.888. The van der Waals surface area contributed by atoms with Crippen molar-refractivity contribution < 1.29 is 19.4 Å². The number of benzene rings is 1. The number of anilines is 1. The van der Waals surface area contributed by atoms with Crippen LogP contribution in [0.1, 0.15) is 17.3 Å². The van der Waals surface area contributed by atoms with E-state index >= 15 is 0 Å². The summed E-state index contributed by atoms with van der Waals surface area (Å²) in [4.78, 5) is 23.6. The molecule has 2 N–H and O–H groups in total. The normalized spacial score (nSPS) is 14.8. The second kappa shape index (κ2) is 5.79. The number of carbonyl (C=O) groups excluding carboxylic acids is 1. The Morgan fingerprint density at radius 2 is 2.11 bits per heavy atom. The monoisotopic (exact) mass is 279 g/mol. The van der Waals surface area contributed by atoms with Crippen LogP contribution in [0.5, 0.6) is 0 Å². The van der Waals surface area contributed by atoms with Crippen LogP contribution in [0.25, 0.3) is 0 Å². The van der Waals surface area contributed by atoms with E-state index in [-0.39, 0.29) is 17.2 Å². The van der Waals surface area contributed by atoms with Gasteiger partial charge in [0, 0.05) is 5.75 Å². The van der Waals surface area contributed by atoms with Gasteiger partial charge >= 0.3 is 5.97 Å². The molecular weight excluding hydrogens is 266 g/mol. The SMILES string of the molecule is CC1=C(C(=O)Nc2ccccc2C(=O)O)SCCO1. The van der Waals surface area contributed by atoms with Crippen molar-refractivity contribution in [3.05, 3.63) is 40.5 Å². The molecule has 1 aliphatic heterocycles. The van der Waals surface area contributed by atoms with Crippen molar-refractivity contribution in [3.63, 3.8) is 0 Å². The highest BCUT2D eigenvalue weighted by molar-refractivity contribution is 8.04. The van der Waals surface area contributed by atoms with Crippen LogP contribution in [-0.4, -0.2) is 29.3 Å². The molecule has 0 saturated heterocycles. The van der Waals surface area contributed by atoms with Gasteiger partial charge in [-0.25, -0.2) is 4.79 Å². The first-order chi connectivity index (χ1) is 9.09. The van der Waals surface area contributed by atoms with E-state index in [0.717, 1.165) is 0 Å². The van der Waals surface area contributed by atoms with Crippen LogP contribution in [0.4, 0.5) is 5.69 Å². The van der Waals surface area contributed by atoms with Gasteiger partial charge in [-0.2, -0.15) is 0 Å². The fourth-order valence-corrected chi connectivity index (χ4v) is 2.50. The second-order valence-electron chi connectivity index (χ2n) is 3.89. The molecule has 19 heavy (non-hydrogen) atoms. The highest BCUT2D eigenvalue weighted by Crippen LogP contribution is 2.27. The second-order valence-corrected chi connectivity index (χ2v) is 4.99. The number of ether oxygens (including phenoxy) is 1. The van der Waals surface area contributed by atoms with Crippen molar-refractivity contribution in [1.29, 1.82) is 0 Å². The maximum absolute atomic E-state index is 12.1. The Bertz CT molecular complexity index is 553. The highest BCUT2D eigenvalue weighted by atomic mass is 32.2. The first kappa shape index (κ1) is 13.5. The van der Waals surface area contributed by atoms with Gasteiger partial charge in [-0.15, -0.1) is 11.8 Å². The van der Waals surface area contributed by atoms with Crippen molar-refractivity contribution in [2.75, 3.05) is 17.7 Å². The number of para-hydroxylation sites is 1.